The van der Waals surface area contributed by atoms with Gasteiger partial charge in [0.1, 0.15) is 22.9 Å². The Kier molecular flexibility index (Phi) is 32.5. The Balaban J connectivity index is 3.01. The first-order valence-electron chi connectivity index (χ1n) is 25.5. The minimum absolute atomic E-state index is 0.00322. The van der Waals surface area contributed by atoms with Crippen LogP contribution in [0.1, 0.15) is 108 Å². The summed E-state index contributed by atoms with van der Waals surface area (Å²) in [5, 5.41) is 16.3. The number of nitrogens with one attached hydrogen (secondary N) is 6. The van der Waals surface area contributed by atoms with Gasteiger partial charge in [-0.05, 0) is 107 Å². The molecule has 0 aliphatic rings. The van der Waals surface area contributed by atoms with E-state index in [0.29, 0.717) is 32.0 Å². The first kappa shape index (κ1) is 67.8. The Bertz CT molecular complexity index is 1890. The second kappa shape index (κ2) is 35.9. The molecule has 1 aromatic carbocycles. The number of hydrogen-bond acceptors (Lipinski definition) is 19. The van der Waals surface area contributed by atoms with Crippen molar-refractivity contribution in [2.75, 3.05) is 97.7 Å². The lowest BCUT2D eigenvalue weighted by atomic mass is 9.95. The fourth-order valence-electron chi connectivity index (χ4n) is 6.33. The molecule has 0 aromatic heterocycles. The van der Waals surface area contributed by atoms with Crippen LogP contribution < -0.4 is 48.1 Å². The summed E-state index contributed by atoms with van der Waals surface area (Å²) < 4.78 is 50.0. The number of hydrogen-bond donors (Lipinski definition) is 8. The molecule has 24 heteroatoms. The number of anilines is 1. The van der Waals surface area contributed by atoms with E-state index in [1.165, 1.54) is 13.0 Å². The molecule has 0 fully saturated rings. The zero-order valence-corrected chi connectivity index (χ0v) is 46.5. The maximum atomic E-state index is 13.5. The monoisotopic (exact) mass is 1070 g/mol. The van der Waals surface area contributed by atoms with Gasteiger partial charge in [-0.2, -0.15) is 0 Å². The highest BCUT2D eigenvalue weighted by Gasteiger charge is 2.29. The number of ether oxygens (including phenoxy) is 9. The highest BCUT2D eigenvalue weighted by atomic mass is 16.6. The molecule has 10 N–H and O–H groups in total. The van der Waals surface area contributed by atoms with E-state index >= 15 is 0 Å². The van der Waals surface area contributed by atoms with Crippen molar-refractivity contribution in [1.29, 1.82) is 0 Å². The molecule has 1 rings (SSSR count). The number of esters is 2. The lowest BCUT2D eigenvalue weighted by Crippen LogP contribution is -2.49. The fraction of sp³-hybridized carbons (Fsp3) is 0.745. The van der Waals surface area contributed by atoms with Crippen LogP contribution in [0, 0.1) is 5.92 Å². The van der Waals surface area contributed by atoms with E-state index in [-0.39, 0.29) is 120 Å². The zero-order valence-electron chi connectivity index (χ0n) is 46.5. The number of rotatable bonds is 38. The van der Waals surface area contributed by atoms with Crippen LogP contribution in [0.25, 0.3) is 0 Å². The third-order valence-corrected chi connectivity index (χ3v) is 9.62. The average molecular weight is 1070 g/mol. The Labute approximate surface area is 443 Å². The van der Waals surface area contributed by atoms with Gasteiger partial charge < -0.3 is 86.0 Å². The Morgan fingerprint density at radius 3 is 1.59 bits per heavy atom. The quantitative estimate of drug-likeness (QED) is 0.0203. The minimum atomic E-state index is -1.27. The van der Waals surface area contributed by atoms with Crippen molar-refractivity contribution in [3.63, 3.8) is 0 Å². The molecular weight excluding hydrogens is 981 g/mol. The van der Waals surface area contributed by atoms with Gasteiger partial charge in [-0.1, -0.05) is 13.0 Å². The summed E-state index contributed by atoms with van der Waals surface area (Å²) in [6.45, 7) is 23.1. The van der Waals surface area contributed by atoms with Gasteiger partial charge in [0.15, 0.2) is 5.75 Å². The standard InChI is InChI=1S/C51H90N8O16/c1-34(2)56-44(62)30-54-42(60)15-17-68-20-22-70-24-26-72-33-51(12,53)59-40-29-38(28-39(58-48(66)75-50(9,10)11)27-35(3)46(64)74-49(6,7)8)13-14-41(40)73-47(65)37(5)57-45(63)31-55-43(61)16-18-67-19-21-69-23-25-71-32-36(4)52/h13-14,29,34-37,39,59H,15-28,30-33,52-53H2,1-12H3,(H,54,60)(H,55,61)(H,56,62)(H,57,63)(H,58,66)/t35?,36?,37?,39-,51?/m1/s1. The van der Waals surface area contributed by atoms with E-state index in [1.54, 1.807) is 67.5 Å². The maximum Gasteiger partial charge on any atom is 0.407 e. The summed E-state index contributed by atoms with van der Waals surface area (Å²) >= 11 is 0. The Hall–Kier alpha value is -5.21. The molecule has 1 aromatic rings. The first-order chi connectivity index (χ1) is 35.0. The van der Waals surface area contributed by atoms with Gasteiger partial charge in [-0.3, -0.25) is 24.0 Å². The van der Waals surface area contributed by atoms with Crippen molar-refractivity contribution in [1.82, 2.24) is 26.6 Å². The van der Waals surface area contributed by atoms with Crippen LogP contribution in [0.15, 0.2) is 18.2 Å². The molecule has 0 aliphatic heterocycles. The number of benzene rings is 1. The van der Waals surface area contributed by atoms with E-state index in [4.69, 9.17) is 54.1 Å². The highest BCUT2D eigenvalue weighted by molar-refractivity contribution is 5.89. The molecule has 0 aliphatic carbocycles. The molecule has 5 amide bonds. The summed E-state index contributed by atoms with van der Waals surface area (Å²) in [7, 11) is 0. The molecule has 24 nitrogen and oxygen atoms in total. The van der Waals surface area contributed by atoms with Crippen LogP contribution >= 0.6 is 0 Å². The number of amides is 5. The molecule has 0 saturated heterocycles. The van der Waals surface area contributed by atoms with Gasteiger partial charge in [0.25, 0.3) is 0 Å². The third-order valence-electron chi connectivity index (χ3n) is 9.62. The molecule has 5 atom stereocenters. The normalized spacial score (nSPS) is 14.1. The molecule has 0 bridgehead atoms. The van der Waals surface area contributed by atoms with Gasteiger partial charge in [-0.25, -0.2) is 9.59 Å². The lowest BCUT2D eigenvalue weighted by Gasteiger charge is -2.29. The van der Waals surface area contributed by atoms with Crippen molar-refractivity contribution in [2.24, 2.45) is 17.4 Å². The van der Waals surface area contributed by atoms with Gasteiger partial charge in [0.05, 0.1) is 104 Å². The zero-order chi connectivity index (χ0) is 56.6. The molecular formula is C51H90N8O16. The summed E-state index contributed by atoms with van der Waals surface area (Å²) in [6, 6.07) is 3.03. The predicted octanol–water partition coefficient (Wildman–Crippen LogP) is 1.97. The van der Waals surface area contributed by atoms with E-state index in [1.807, 2.05) is 20.8 Å². The third kappa shape index (κ3) is 36.4. The summed E-state index contributed by atoms with van der Waals surface area (Å²) in [4.78, 5) is 88.4. The van der Waals surface area contributed by atoms with Crippen LogP contribution in [0.2, 0.25) is 0 Å². The lowest BCUT2D eigenvalue weighted by molar-refractivity contribution is -0.159. The Morgan fingerprint density at radius 1 is 0.587 bits per heavy atom. The number of nitrogens with two attached hydrogens (primary N) is 2. The number of carbonyl (C=O) groups excluding carboxylic acids is 7. The van der Waals surface area contributed by atoms with Gasteiger partial charge >= 0.3 is 18.0 Å². The number of carbonyl (C=O) groups is 7. The molecule has 430 valence electrons. The largest absolute Gasteiger partial charge is 0.460 e. The van der Waals surface area contributed by atoms with Crippen molar-refractivity contribution >= 4 is 47.3 Å². The van der Waals surface area contributed by atoms with Crippen LogP contribution in [0.5, 0.6) is 5.75 Å². The van der Waals surface area contributed by atoms with Gasteiger partial charge in [0.2, 0.25) is 23.6 Å². The van der Waals surface area contributed by atoms with E-state index in [0.717, 1.165) is 0 Å². The van der Waals surface area contributed by atoms with Crippen molar-refractivity contribution in [2.45, 2.75) is 150 Å². The van der Waals surface area contributed by atoms with Crippen molar-refractivity contribution < 1.29 is 76.2 Å². The maximum absolute atomic E-state index is 13.5. The second-order valence-electron chi connectivity index (χ2n) is 20.6. The predicted molar refractivity (Wildman–Crippen MR) is 279 cm³/mol. The summed E-state index contributed by atoms with van der Waals surface area (Å²) in [5.74, 6) is -3.50. The van der Waals surface area contributed by atoms with Gasteiger partial charge in [0, 0.05) is 31.0 Å². The highest BCUT2D eigenvalue weighted by Crippen LogP contribution is 2.30. The minimum Gasteiger partial charge on any atom is -0.460 e. The molecule has 75 heavy (non-hydrogen) atoms. The van der Waals surface area contributed by atoms with Crippen LogP contribution in [0.3, 0.4) is 0 Å². The van der Waals surface area contributed by atoms with Gasteiger partial charge in [-0.15, -0.1) is 0 Å². The smallest absolute Gasteiger partial charge is 0.407 e. The van der Waals surface area contributed by atoms with Crippen LogP contribution in [0.4, 0.5) is 10.5 Å². The van der Waals surface area contributed by atoms with Crippen LogP contribution in [-0.4, -0.2) is 175 Å². The fourth-order valence-corrected chi connectivity index (χ4v) is 6.33. The van der Waals surface area contributed by atoms with E-state index in [9.17, 15) is 33.6 Å². The van der Waals surface area contributed by atoms with Crippen molar-refractivity contribution in [3.8, 4) is 5.75 Å². The SMILES string of the molecule is CC(N)COCCOCCOCCC(=O)NCC(=O)NC(C)C(=O)Oc1ccc(C[C@@H](CC(C)C(=O)OC(C)(C)C)NC(=O)OC(C)(C)C)cc1NC(C)(N)COCCOCCOCCC(=O)NCC(=O)NC(C)C. The number of alkyl carbamates (subject to hydrolysis) is 1. The van der Waals surface area contributed by atoms with Crippen LogP contribution in [-0.2, 0) is 73.1 Å². The van der Waals surface area contributed by atoms with E-state index in [2.05, 4.69) is 31.9 Å². The topological polar surface area (TPSA) is 327 Å². The second-order valence-corrected chi connectivity index (χ2v) is 20.6. The summed E-state index contributed by atoms with van der Waals surface area (Å²) in [5.41, 5.74) is 10.4. The molecule has 0 saturated carbocycles. The molecule has 0 heterocycles. The van der Waals surface area contributed by atoms with Crippen molar-refractivity contribution in [3.05, 3.63) is 23.8 Å². The molecule has 0 spiro atoms. The first-order valence-corrected chi connectivity index (χ1v) is 25.5. The van der Waals surface area contributed by atoms with E-state index < -0.39 is 71.3 Å². The molecule has 0 radical (unpaired) electrons. The average Bonchev–Trinajstić information content (AvgIpc) is 3.27. The summed E-state index contributed by atoms with van der Waals surface area (Å²) in [6.07, 6.45) is -0.214. The Morgan fingerprint density at radius 2 is 1.08 bits per heavy atom. The molecule has 4 unspecified atom stereocenters.